The molecule has 0 saturated carbocycles. The topological polar surface area (TPSA) is 35.5 Å². The zero-order chi connectivity index (χ0) is 9.40. The van der Waals surface area contributed by atoms with Gasteiger partial charge in [0.1, 0.15) is 0 Å². The molecule has 0 N–H and O–H groups in total. The average molecular weight is 174 g/mol. The maximum atomic E-state index is 10.7. The van der Waals surface area contributed by atoms with Crippen molar-refractivity contribution < 1.29 is 14.3 Å². The molecule has 1 atom stereocenters. The summed E-state index contributed by atoms with van der Waals surface area (Å²) >= 11 is 0. The van der Waals surface area contributed by atoms with Gasteiger partial charge in [-0.15, -0.1) is 0 Å². The number of hydrogen-bond donors (Lipinski definition) is 0. The highest BCUT2D eigenvalue weighted by molar-refractivity contribution is 5.68. The average Bonchev–Trinajstić information content (AvgIpc) is 2.04. The fourth-order valence-corrected chi connectivity index (χ4v) is 0.844. The second-order valence-corrected chi connectivity index (χ2v) is 2.92. The first-order valence-corrected chi connectivity index (χ1v) is 4.35. The Hall–Kier alpha value is -0.570. The smallest absolute Gasteiger partial charge is 0.305 e. The summed E-state index contributed by atoms with van der Waals surface area (Å²) in [5.74, 6) is 0.333. The van der Waals surface area contributed by atoms with E-state index in [1.165, 1.54) is 0 Å². The van der Waals surface area contributed by atoms with E-state index in [9.17, 15) is 4.79 Å². The number of carbonyl (C=O) groups is 1. The van der Waals surface area contributed by atoms with Crippen molar-refractivity contribution in [3.05, 3.63) is 0 Å². The number of carbonyl (C=O) groups excluding carboxylic acids is 1. The van der Waals surface area contributed by atoms with Gasteiger partial charge >= 0.3 is 5.97 Å². The second-order valence-electron chi connectivity index (χ2n) is 2.92. The summed E-state index contributed by atoms with van der Waals surface area (Å²) in [5, 5.41) is 0. The van der Waals surface area contributed by atoms with Crippen LogP contribution in [0.25, 0.3) is 0 Å². The van der Waals surface area contributed by atoms with E-state index in [-0.39, 0.29) is 5.97 Å². The van der Waals surface area contributed by atoms with Gasteiger partial charge in [0.2, 0.25) is 0 Å². The van der Waals surface area contributed by atoms with E-state index in [0.717, 1.165) is 13.0 Å². The van der Waals surface area contributed by atoms with E-state index in [4.69, 9.17) is 9.47 Å². The molecule has 3 heteroatoms. The van der Waals surface area contributed by atoms with E-state index in [0.29, 0.717) is 18.9 Å². The molecule has 3 nitrogen and oxygen atoms in total. The van der Waals surface area contributed by atoms with Crippen LogP contribution in [0.15, 0.2) is 0 Å². The fraction of sp³-hybridized carbons (Fsp3) is 0.889. The summed E-state index contributed by atoms with van der Waals surface area (Å²) in [5.41, 5.74) is 0. The maximum absolute atomic E-state index is 10.7. The van der Waals surface area contributed by atoms with Crippen LogP contribution in [-0.2, 0) is 14.3 Å². The standard InChI is InChI=1S/C9H18O3/c1-4-9(10)12-6-5-8(2)7-11-3/h8H,4-7H2,1-3H3. The van der Waals surface area contributed by atoms with Crippen molar-refractivity contribution in [2.75, 3.05) is 20.3 Å². The Kier molecular flexibility index (Phi) is 6.76. The van der Waals surface area contributed by atoms with Gasteiger partial charge in [0.15, 0.2) is 0 Å². The van der Waals surface area contributed by atoms with Crippen molar-refractivity contribution in [1.82, 2.24) is 0 Å². The Morgan fingerprint density at radius 1 is 1.50 bits per heavy atom. The van der Waals surface area contributed by atoms with Crippen molar-refractivity contribution in [2.24, 2.45) is 5.92 Å². The lowest BCUT2D eigenvalue weighted by atomic mass is 10.1. The highest BCUT2D eigenvalue weighted by Gasteiger charge is 2.03. The molecule has 0 aliphatic carbocycles. The van der Waals surface area contributed by atoms with E-state index < -0.39 is 0 Å². The molecule has 0 saturated heterocycles. The van der Waals surface area contributed by atoms with Gasteiger partial charge in [-0.2, -0.15) is 0 Å². The molecule has 0 spiro atoms. The summed E-state index contributed by atoms with van der Waals surface area (Å²) in [6.07, 6.45) is 1.33. The van der Waals surface area contributed by atoms with Crippen molar-refractivity contribution in [2.45, 2.75) is 26.7 Å². The minimum atomic E-state index is -0.125. The first-order chi connectivity index (χ1) is 5.70. The van der Waals surface area contributed by atoms with Crippen molar-refractivity contribution in [3.8, 4) is 0 Å². The third-order valence-electron chi connectivity index (χ3n) is 1.61. The van der Waals surface area contributed by atoms with Crippen LogP contribution < -0.4 is 0 Å². The zero-order valence-corrected chi connectivity index (χ0v) is 8.13. The van der Waals surface area contributed by atoms with E-state index in [2.05, 4.69) is 6.92 Å². The van der Waals surface area contributed by atoms with Crippen LogP contribution in [0.3, 0.4) is 0 Å². The minimum Gasteiger partial charge on any atom is -0.466 e. The Morgan fingerprint density at radius 3 is 2.67 bits per heavy atom. The Bertz CT molecular complexity index is 123. The van der Waals surface area contributed by atoms with Crippen LogP contribution >= 0.6 is 0 Å². The molecule has 0 aliphatic heterocycles. The molecular formula is C9H18O3. The van der Waals surface area contributed by atoms with Gasteiger partial charge in [-0.1, -0.05) is 13.8 Å². The molecule has 0 fully saturated rings. The molecule has 1 unspecified atom stereocenters. The van der Waals surface area contributed by atoms with Gasteiger partial charge in [0, 0.05) is 20.1 Å². The molecule has 0 aromatic rings. The van der Waals surface area contributed by atoms with Gasteiger partial charge in [-0.3, -0.25) is 4.79 Å². The lowest BCUT2D eigenvalue weighted by molar-refractivity contribution is -0.143. The predicted octanol–water partition coefficient (Wildman–Crippen LogP) is 1.61. The molecule has 0 aliphatic rings. The Morgan fingerprint density at radius 2 is 2.17 bits per heavy atom. The lowest BCUT2D eigenvalue weighted by Gasteiger charge is -2.09. The fourth-order valence-electron chi connectivity index (χ4n) is 0.844. The summed E-state index contributed by atoms with van der Waals surface area (Å²) < 4.78 is 9.86. The van der Waals surface area contributed by atoms with Gasteiger partial charge in [0.25, 0.3) is 0 Å². The highest BCUT2D eigenvalue weighted by Crippen LogP contribution is 2.02. The molecule has 0 aromatic carbocycles. The van der Waals surface area contributed by atoms with Crippen LogP contribution in [0, 0.1) is 5.92 Å². The molecule has 0 radical (unpaired) electrons. The summed E-state index contributed by atoms with van der Waals surface area (Å²) in [6.45, 7) is 5.10. The van der Waals surface area contributed by atoms with E-state index in [1.54, 1.807) is 14.0 Å². The third-order valence-corrected chi connectivity index (χ3v) is 1.61. The van der Waals surface area contributed by atoms with Gasteiger partial charge in [-0.05, 0) is 12.3 Å². The first kappa shape index (κ1) is 11.4. The van der Waals surface area contributed by atoms with Crippen molar-refractivity contribution in [1.29, 1.82) is 0 Å². The van der Waals surface area contributed by atoms with E-state index in [1.807, 2.05) is 0 Å². The monoisotopic (exact) mass is 174 g/mol. The number of methoxy groups -OCH3 is 1. The van der Waals surface area contributed by atoms with Gasteiger partial charge in [0.05, 0.1) is 6.61 Å². The highest BCUT2D eigenvalue weighted by atomic mass is 16.5. The molecule has 0 amide bonds. The molecule has 0 bridgehead atoms. The Balaban J connectivity index is 3.24. The zero-order valence-electron chi connectivity index (χ0n) is 8.13. The van der Waals surface area contributed by atoms with Gasteiger partial charge in [-0.25, -0.2) is 0 Å². The van der Waals surface area contributed by atoms with E-state index >= 15 is 0 Å². The molecule has 0 aromatic heterocycles. The van der Waals surface area contributed by atoms with Crippen LogP contribution in [-0.4, -0.2) is 26.3 Å². The second kappa shape index (κ2) is 7.10. The molecular weight excluding hydrogens is 156 g/mol. The summed E-state index contributed by atoms with van der Waals surface area (Å²) in [6, 6.07) is 0. The lowest BCUT2D eigenvalue weighted by Crippen LogP contribution is -2.10. The number of hydrogen-bond acceptors (Lipinski definition) is 3. The van der Waals surface area contributed by atoms with Crippen LogP contribution in [0.5, 0.6) is 0 Å². The summed E-state index contributed by atoms with van der Waals surface area (Å²) in [4.78, 5) is 10.7. The van der Waals surface area contributed by atoms with Crippen molar-refractivity contribution >= 4 is 5.97 Å². The first-order valence-electron chi connectivity index (χ1n) is 4.35. The SMILES string of the molecule is CCC(=O)OCCC(C)COC. The van der Waals surface area contributed by atoms with Crippen LogP contribution in [0.2, 0.25) is 0 Å². The normalized spacial score (nSPS) is 12.6. The Labute approximate surface area is 74.0 Å². The van der Waals surface area contributed by atoms with Crippen LogP contribution in [0.1, 0.15) is 26.7 Å². The van der Waals surface area contributed by atoms with Crippen molar-refractivity contribution in [3.63, 3.8) is 0 Å². The van der Waals surface area contributed by atoms with Crippen LogP contribution in [0.4, 0.5) is 0 Å². The molecule has 72 valence electrons. The summed E-state index contributed by atoms with van der Waals surface area (Å²) in [7, 11) is 1.68. The predicted molar refractivity (Wildman–Crippen MR) is 46.9 cm³/mol. The number of ether oxygens (including phenoxy) is 2. The molecule has 0 rings (SSSR count). The maximum Gasteiger partial charge on any atom is 0.305 e. The quantitative estimate of drug-likeness (QED) is 0.574. The minimum absolute atomic E-state index is 0.125. The molecule has 0 heterocycles. The largest absolute Gasteiger partial charge is 0.466 e. The molecule has 12 heavy (non-hydrogen) atoms. The third kappa shape index (κ3) is 6.16. The number of esters is 1. The number of rotatable bonds is 6. The van der Waals surface area contributed by atoms with Gasteiger partial charge < -0.3 is 9.47 Å².